The van der Waals surface area contributed by atoms with Crippen LogP contribution in [0.15, 0.2) is 0 Å². The highest BCUT2D eigenvalue weighted by molar-refractivity contribution is 7.47. The molecule has 0 rings (SSSR count). The maximum Gasteiger partial charge on any atom is 0.472 e. The molecule has 0 aliphatic heterocycles. The molecule has 0 aromatic carbocycles. The molecule has 0 fully saturated rings. The number of hydrogen-bond acceptors (Lipinski definition) is 15. The molecule has 648 valence electrons. The van der Waals surface area contributed by atoms with Crippen molar-refractivity contribution in [1.82, 2.24) is 0 Å². The molecule has 17 nitrogen and oxygen atoms in total. The number of aliphatic hydroxyl groups is 1. The lowest BCUT2D eigenvalue weighted by Crippen LogP contribution is -2.30. The van der Waals surface area contributed by atoms with Crippen molar-refractivity contribution in [2.24, 2.45) is 11.8 Å². The first-order valence-electron chi connectivity index (χ1n) is 46.6. The van der Waals surface area contributed by atoms with Gasteiger partial charge in [-0.25, -0.2) is 9.13 Å². The van der Waals surface area contributed by atoms with E-state index in [2.05, 4.69) is 41.5 Å². The fourth-order valence-corrected chi connectivity index (χ4v) is 15.6. The van der Waals surface area contributed by atoms with Gasteiger partial charge in [0.15, 0.2) is 12.2 Å². The second-order valence-corrected chi connectivity index (χ2v) is 35.7. The van der Waals surface area contributed by atoms with Crippen LogP contribution in [0.2, 0.25) is 0 Å². The van der Waals surface area contributed by atoms with Crippen molar-refractivity contribution in [2.75, 3.05) is 39.6 Å². The molecule has 0 spiro atoms. The summed E-state index contributed by atoms with van der Waals surface area (Å²) in [7, 11) is -9.93. The molecule has 0 amide bonds. The molecule has 0 aliphatic rings. The first-order valence-corrected chi connectivity index (χ1v) is 49.6. The molecule has 4 unspecified atom stereocenters. The third kappa shape index (κ3) is 81.0. The van der Waals surface area contributed by atoms with Crippen LogP contribution in [-0.2, 0) is 65.4 Å². The number of rotatable bonds is 89. The van der Waals surface area contributed by atoms with E-state index in [-0.39, 0.29) is 25.7 Å². The number of carbonyl (C=O) groups is 4. The summed E-state index contributed by atoms with van der Waals surface area (Å²) in [5.41, 5.74) is 0. The highest BCUT2D eigenvalue weighted by Gasteiger charge is 2.31. The summed E-state index contributed by atoms with van der Waals surface area (Å²) in [6, 6.07) is 0. The van der Waals surface area contributed by atoms with E-state index in [1.165, 1.54) is 302 Å². The smallest absolute Gasteiger partial charge is 0.462 e. The molecule has 0 saturated carbocycles. The monoisotopic (exact) mass is 1590 g/mol. The van der Waals surface area contributed by atoms with E-state index in [4.69, 9.17) is 37.0 Å². The van der Waals surface area contributed by atoms with Crippen molar-refractivity contribution in [3.63, 3.8) is 0 Å². The molecule has 0 heterocycles. The molecular formula is C90H176O17P2. The van der Waals surface area contributed by atoms with E-state index >= 15 is 0 Å². The Morgan fingerprint density at radius 3 is 0.651 bits per heavy atom. The lowest BCUT2D eigenvalue weighted by Gasteiger charge is -2.21. The summed E-state index contributed by atoms with van der Waals surface area (Å²) in [4.78, 5) is 73.3. The predicted octanol–water partition coefficient (Wildman–Crippen LogP) is 27.8. The lowest BCUT2D eigenvalue weighted by molar-refractivity contribution is -0.161. The predicted molar refractivity (Wildman–Crippen MR) is 451 cm³/mol. The molecule has 0 aromatic heterocycles. The fraction of sp³-hybridized carbons (Fsp3) is 0.956. The molecule has 19 heteroatoms. The zero-order valence-corrected chi connectivity index (χ0v) is 73.7. The molecule has 0 radical (unpaired) electrons. The van der Waals surface area contributed by atoms with Crippen LogP contribution in [0.1, 0.15) is 485 Å². The summed E-state index contributed by atoms with van der Waals surface area (Å²) < 4.78 is 69.0. The second-order valence-electron chi connectivity index (χ2n) is 32.8. The number of phosphoric ester groups is 2. The Morgan fingerprint density at radius 2 is 0.440 bits per heavy atom. The van der Waals surface area contributed by atoms with Crippen molar-refractivity contribution >= 4 is 39.5 Å². The summed E-state index contributed by atoms with van der Waals surface area (Å²) >= 11 is 0. The van der Waals surface area contributed by atoms with E-state index in [0.717, 1.165) is 102 Å². The lowest BCUT2D eigenvalue weighted by atomic mass is 9.99. The number of esters is 4. The van der Waals surface area contributed by atoms with Gasteiger partial charge in [0.05, 0.1) is 26.4 Å². The maximum absolute atomic E-state index is 13.2. The van der Waals surface area contributed by atoms with E-state index in [1.54, 1.807) is 0 Å². The SMILES string of the molecule is CCCCCCCCCCCCCCCCCC(=O)O[C@H](COC(=O)CCCCCCCCCCCC)COP(=O)(O)OC[C@H](O)COP(=O)(O)OC[C@@H](COC(=O)CCCCCCCCCCCCCCCCCCCCC(C)CC)OC(=O)CCCCCCCCCCCCCCCCCCCCC(C)CC. The third-order valence-corrected chi connectivity index (χ3v) is 23.8. The Bertz CT molecular complexity index is 2080. The van der Waals surface area contributed by atoms with E-state index in [9.17, 15) is 43.2 Å². The van der Waals surface area contributed by atoms with Crippen molar-refractivity contribution in [3.8, 4) is 0 Å². The van der Waals surface area contributed by atoms with Crippen LogP contribution in [0.3, 0.4) is 0 Å². The minimum Gasteiger partial charge on any atom is -0.462 e. The average molecular weight is 1590 g/mol. The van der Waals surface area contributed by atoms with Crippen molar-refractivity contribution < 1.29 is 80.2 Å². The quantitative estimate of drug-likeness (QED) is 0.0222. The van der Waals surface area contributed by atoms with Crippen LogP contribution in [0.5, 0.6) is 0 Å². The second kappa shape index (κ2) is 81.2. The van der Waals surface area contributed by atoms with Gasteiger partial charge in [-0.05, 0) is 37.5 Å². The Balaban J connectivity index is 5.21. The average Bonchev–Trinajstić information content (AvgIpc) is 0.923. The molecular weight excluding hydrogens is 1410 g/mol. The molecule has 7 atom stereocenters. The van der Waals surface area contributed by atoms with E-state index in [1.807, 2.05) is 0 Å². The van der Waals surface area contributed by atoms with Crippen molar-refractivity contribution in [3.05, 3.63) is 0 Å². The highest BCUT2D eigenvalue weighted by atomic mass is 31.2. The maximum atomic E-state index is 13.2. The number of phosphoric acid groups is 2. The Morgan fingerprint density at radius 1 is 0.257 bits per heavy atom. The highest BCUT2D eigenvalue weighted by Crippen LogP contribution is 2.45. The summed E-state index contributed by atoms with van der Waals surface area (Å²) in [5, 5.41) is 10.7. The van der Waals surface area contributed by atoms with Crippen LogP contribution < -0.4 is 0 Å². The van der Waals surface area contributed by atoms with Crippen molar-refractivity contribution in [2.45, 2.75) is 503 Å². The summed E-state index contributed by atoms with van der Waals surface area (Å²) in [6.45, 7) is 9.82. The fourth-order valence-electron chi connectivity index (χ4n) is 14.1. The standard InChI is InChI=1S/C90H176O17P2/c1-7-11-13-15-17-19-21-22-31-39-44-50-56-62-68-74-89(94)106-85(78-100-87(92)72-66-60-54-48-20-18-16-14-12-8-2)80-104-108(96,97)102-76-84(91)77-103-109(98,99)105-81-86(107-90(95)75-69-63-57-51-45-40-35-30-26-24-28-33-37-42-47-53-59-65-71-83(6)10-4)79-101-88(93)73-67-61-55-49-43-38-34-29-25-23-27-32-36-41-46-52-58-64-70-82(5)9-3/h82-86,91H,7-81H2,1-6H3,(H,96,97)(H,98,99)/t82?,83?,84-,85+,86+/m0/s1. The number of hydrogen-bond donors (Lipinski definition) is 3. The zero-order valence-electron chi connectivity index (χ0n) is 71.9. The van der Waals surface area contributed by atoms with Crippen LogP contribution in [0, 0.1) is 11.8 Å². The van der Waals surface area contributed by atoms with Gasteiger partial charge in [0, 0.05) is 25.7 Å². The van der Waals surface area contributed by atoms with Crippen LogP contribution in [0.25, 0.3) is 0 Å². The molecule has 0 saturated heterocycles. The van der Waals surface area contributed by atoms with Gasteiger partial charge in [0.2, 0.25) is 0 Å². The molecule has 109 heavy (non-hydrogen) atoms. The van der Waals surface area contributed by atoms with Gasteiger partial charge in [0.25, 0.3) is 0 Å². The number of ether oxygens (including phenoxy) is 4. The van der Waals surface area contributed by atoms with E-state index < -0.39 is 97.5 Å². The Labute approximate surface area is 670 Å². The normalized spacial score (nSPS) is 14.2. The number of carbonyl (C=O) groups excluding carboxylic acids is 4. The largest absolute Gasteiger partial charge is 0.472 e. The molecule has 0 bridgehead atoms. The Hall–Kier alpha value is -1.94. The van der Waals surface area contributed by atoms with Gasteiger partial charge in [-0.3, -0.25) is 37.3 Å². The third-order valence-electron chi connectivity index (χ3n) is 21.9. The summed E-state index contributed by atoms with van der Waals surface area (Å²) in [6.07, 6.45) is 74.9. The van der Waals surface area contributed by atoms with Gasteiger partial charge < -0.3 is 33.8 Å². The summed E-state index contributed by atoms with van der Waals surface area (Å²) in [5.74, 6) is -0.352. The van der Waals surface area contributed by atoms with Gasteiger partial charge in [-0.15, -0.1) is 0 Å². The van der Waals surface area contributed by atoms with Crippen LogP contribution >= 0.6 is 15.6 Å². The first kappa shape index (κ1) is 107. The molecule has 0 aliphatic carbocycles. The van der Waals surface area contributed by atoms with Crippen LogP contribution in [0.4, 0.5) is 0 Å². The minimum absolute atomic E-state index is 0.109. The van der Waals surface area contributed by atoms with Gasteiger partial charge in [-0.2, -0.15) is 0 Å². The topological polar surface area (TPSA) is 237 Å². The van der Waals surface area contributed by atoms with Gasteiger partial charge in [0.1, 0.15) is 19.3 Å². The van der Waals surface area contributed by atoms with Crippen LogP contribution in [-0.4, -0.2) is 96.7 Å². The minimum atomic E-state index is -4.97. The van der Waals surface area contributed by atoms with Crippen molar-refractivity contribution in [1.29, 1.82) is 0 Å². The van der Waals surface area contributed by atoms with E-state index in [0.29, 0.717) is 25.7 Å². The van der Waals surface area contributed by atoms with Gasteiger partial charge >= 0.3 is 39.5 Å². The zero-order chi connectivity index (χ0) is 79.9. The first-order chi connectivity index (χ1) is 52.9. The molecule has 0 aromatic rings. The number of unbranched alkanes of at least 4 members (excludes halogenated alkanes) is 57. The molecule has 3 N–H and O–H groups in total. The van der Waals surface area contributed by atoms with Gasteiger partial charge in [-0.1, -0.05) is 433 Å². The number of aliphatic hydroxyl groups excluding tert-OH is 1. The Kier molecular flexibility index (Phi) is 79.8.